The summed E-state index contributed by atoms with van der Waals surface area (Å²) in [5.41, 5.74) is 2.13. The van der Waals surface area contributed by atoms with Crippen molar-refractivity contribution in [3.63, 3.8) is 0 Å². The van der Waals surface area contributed by atoms with Crippen LogP contribution in [-0.2, 0) is 9.59 Å². The van der Waals surface area contributed by atoms with E-state index in [2.05, 4.69) is 15.7 Å². The molecule has 0 fully saturated rings. The maximum Gasteiger partial charge on any atom is 0.250 e. The van der Waals surface area contributed by atoms with E-state index in [1.54, 1.807) is 36.1 Å². The number of carbonyl (C=O) groups excluding carboxylic acids is 2. The summed E-state index contributed by atoms with van der Waals surface area (Å²) in [6.07, 6.45) is 3.24. The summed E-state index contributed by atoms with van der Waals surface area (Å²) in [5, 5.41) is 10.3. The molecule has 0 saturated heterocycles. The second kappa shape index (κ2) is 6.75. The van der Waals surface area contributed by atoms with E-state index in [-0.39, 0.29) is 11.8 Å². The van der Waals surface area contributed by atoms with Crippen molar-refractivity contribution in [2.75, 3.05) is 10.6 Å². The third kappa shape index (κ3) is 3.31. The maximum atomic E-state index is 12.8. The Hall–Kier alpha value is -2.77. The Labute approximate surface area is 164 Å². The van der Waals surface area contributed by atoms with Crippen LogP contribution in [0.2, 0.25) is 5.02 Å². The van der Waals surface area contributed by atoms with E-state index in [4.69, 9.17) is 11.6 Å². The van der Waals surface area contributed by atoms with Crippen molar-refractivity contribution in [1.29, 1.82) is 0 Å². The van der Waals surface area contributed by atoms with Crippen molar-refractivity contribution < 1.29 is 9.59 Å². The third-order valence-electron chi connectivity index (χ3n) is 4.26. The second-order valence-corrected chi connectivity index (χ2v) is 8.09. The zero-order valence-electron chi connectivity index (χ0n) is 14.3. The number of nitrogens with one attached hydrogen (secondary N) is 2. The molecule has 136 valence electrons. The Morgan fingerprint density at radius 1 is 1.22 bits per heavy atom. The number of thioether (sulfide) groups is 1. The van der Waals surface area contributed by atoms with Gasteiger partial charge in [-0.1, -0.05) is 35.5 Å². The molecule has 0 radical (unpaired) electrons. The van der Waals surface area contributed by atoms with Gasteiger partial charge in [-0.15, -0.1) is 0 Å². The lowest BCUT2D eigenvalue weighted by molar-refractivity contribution is -0.126. The largest absolute Gasteiger partial charge is 0.324 e. The van der Waals surface area contributed by atoms with Crippen molar-refractivity contribution in [3.8, 4) is 5.69 Å². The highest BCUT2D eigenvalue weighted by molar-refractivity contribution is 8.02. The Morgan fingerprint density at radius 3 is 2.67 bits per heavy atom. The molecule has 3 aromatic rings. The fraction of sp³-hybridized carbons (Fsp3) is 0.105. The van der Waals surface area contributed by atoms with E-state index in [1.807, 2.05) is 36.4 Å². The first-order chi connectivity index (χ1) is 13.0. The van der Waals surface area contributed by atoms with Gasteiger partial charge in [0.15, 0.2) is 4.75 Å². The summed E-state index contributed by atoms with van der Waals surface area (Å²) in [5.74, 6) is -0.721. The number of para-hydroxylation sites is 1. The maximum absolute atomic E-state index is 12.8. The van der Waals surface area contributed by atoms with Gasteiger partial charge in [0, 0.05) is 16.8 Å². The van der Waals surface area contributed by atoms with Gasteiger partial charge in [0.05, 0.1) is 22.6 Å². The van der Waals surface area contributed by atoms with Crippen molar-refractivity contribution in [3.05, 3.63) is 65.9 Å². The third-order valence-corrected chi connectivity index (χ3v) is 5.81. The number of fused-ring (bicyclic) bond motifs is 1. The molecule has 2 N–H and O–H groups in total. The molecule has 6 nitrogen and oxygen atoms in total. The van der Waals surface area contributed by atoms with Gasteiger partial charge in [0.25, 0.3) is 0 Å². The van der Waals surface area contributed by atoms with Gasteiger partial charge in [-0.05, 0) is 43.3 Å². The molecule has 1 aliphatic rings. The number of hydrogen-bond acceptors (Lipinski definition) is 4. The average molecular weight is 399 g/mol. The SMILES string of the molecule is CC1(C(=O)Nc2ccc(-n3cc(Cl)cn3)cc2)Sc2ccccc2NC1=O. The van der Waals surface area contributed by atoms with Crippen LogP contribution in [0.3, 0.4) is 0 Å². The molecule has 2 aromatic carbocycles. The highest BCUT2D eigenvalue weighted by Crippen LogP contribution is 2.42. The van der Waals surface area contributed by atoms with Crippen molar-refractivity contribution in [2.24, 2.45) is 0 Å². The van der Waals surface area contributed by atoms with Crippen LogP contribution < -0.4 is 10.6 Å². The standard InChI is InChI=1S/C19H15ClN4O2S/c1-19(18(26)23-15-4-2-3-5-16(15)27-19)17(25)22-13-6-8-14(9-7-13)24-11-12(20)10-21-24/h2-11H,1H3,(H,22,25)(H,23,26). The van der Waals surface area contributed by atoms with Crippen molar-refractivity contribution in [1.82, 2.24) is 9.78 Å². The number of nitrogens with zero attached hydrogens (tertiary/aromatic N) is 2. The molecular formula is C19H15ClN4O2S. The van der Waals surface area contributed by atoms with Crippen LogP contribution in [0.4, 0.5) is 11.4 Å². The summed E-state index contributed by atoms with van der Waals surface area (Å²) in [6.45, 7) is 1.62. The number of anilines is 2. The highest BCUT2D eigenvalue weighted by Gasteiger charge is 2.45. The van der Waals surface area contributed by atoms with E-state index in [0.717, 1.165) is 16.3 Å². The molecule has 1 aliphatic heterocycles. The van der Waals surface area contributed by atoms with Crippen LogP contribution in [-0.4, -0.2) is 26.3 Å². The fourth-order valence-corrected chi connectivity index (χ4v) is 3.95. The minimum absolute atomic E-state index is 0.341. The Morgan fingerprint density at radius 2 is 1.96 bits per heavy atom. The molecule has 2 heterocycles. The van der Waals surface area contributed by atoms with E-state index in [1.165, 1.54) is 11.8 Å². The Balaban J connectivity index is 1.52. The number of halogens is 1. The van der Waals surface area contributed by atoms with Crippen LogP contribution >= 0.6 is 23.4 Å². The zero-order chi connectivity index (χ0) is 19.0. The molecule has 1 atom stereocenters. The number of amides is 2. The summed E-state index contributed by atoms with van der Waals surface area (Å²) in [7, 11) is 0. The van der Waals surface area contributed by atoms with Gasteiger partial charge in [-0.3, -0.25) is 9.59 Å². The topological polar surface area (TPSA) is 76.0 Å². The summed E-state index contributed by atoms with van der Waals surface area (Å²) in [6, 6.07) is 14.6. The lowest BCUT2D eigenvalue weighted by Gasteiger charge is -2.31. The van der Waals surface area contributed by atoms with Crippen LogP contribution in [0.1, 0.15) is 6.92 Å². The molecule has 1 unspecified atom stereocenters. The Kier molecular flexibility index (Phi) is 4.41. The van der Waals surface area contributed by atoms with E-state index in [9.17, 15) is 9.59 Å². The minimum Gasteiger partial charge on any atom is -0.324 e. The number of benzene rings is 2. The first-order valence-electron chi connectivity index (χ1n) is 8.17. The molecular weight excluding hydrogens is 384 g/mol. The molecule has 4 rings (SSSR count). The normalized spacial score (nSPS) is 18.5. The van der Waals surface area contributed by atoms with Crippen LogP contribution in [0.15, 0.2) is 65.8 Å². The van der Waals surface area contributed by atoms with Gasteiger partial charge < -0.3 is 10.6 Å². The second-order valence-electron chi connectivity index (χ2n) is 6.19. The van der Waals surface area contributed by atoms with E-state index >= 15 is 0 Å². The number of carbonyl (C=O) groups is 2. The summed E-state index contributed by atoms with van der Waals surface area (Å²) < 4.78 is 0.374. The van der Waals surface area contributed by atoms with Gasteiger partial charge >= 0.3 is 0 Å². The predicted molar refractivity (Wildman–Crippen MR) is 107 cm³/mol. The predicted octanol–water partition coefficient (Wildman–Crippen LogP) is 3.97. The minimum atomic E-state index is -1.26. The van der Waals surface area contributed by atoms with Gasteiger partial charge in [0.2, 0.25) is 11.8 Å². The Bertz CT molecular complexity index is 1030. The quantitative estimate of drug-likeness (QED) is 0.654. The number of rotatable bonds is 3. The molecule has 0 saturated carbocycles. The van der Waals surface area contributed by atoms with E-state index in [0.29, 0.717) is 10.7 Å². The number of hydrogen-bond donors (Lipinski definition) is 2. The number of aromatic nitrogens is 2. The first-order valence-corrected chi connectivity index (χ1v) is 9.37. The monoisotopic (exact) mass is 398 g/mol. The molecule has 0 aliphatic carbocycles. The molecule has 27 heavy (non-hydrogen) atoms. The highest BCUT2D eigenvalue weighted by atomic mass is 35.5. The molecule has 0 spiro atoms. The fourth-order valence-electron chi connectivity index (χ4n) is 2.71. The molecule has 1 aromatic heterocycles. The smallest absolute Gasteiger partial charge is 0.250 e. The lowest BCUT2D eigenvalue weighted by atomic mass is 10.1. The van der Waals surface area contributed by atoms with E-state index < -0.39 is 4.75 Å². The summed E-state index contributed by atoms with van der Waals surface area (Å²) in [4.78, 5) is 26.2. The van der Waals surface area contributed by atoms with Gasteiger partial charge in [0.1, 0.15) is 0 Å². The van der Waals surface area contributed by atoms with Crippen molar-refractivity contribution >= 4 is 46.6 Å². The van der Waals surface area contributed by atoms with Gasteiger partial charge in [-0.25, -0.2) is 4.68 Å². The molecule has 8 heteroatoms. The first kappa shape index (κ1) is 17.6. The lowest BCUT2D eigenvalue weighted by Crippen LogP contribution is -2.49. The summed E-state index contributed by atoms with van der Waals surface area (Å²) >= 11 is 7.13. The van der Waals surface area contributed by atoms with Crippen LogP contribution in [0.5, 0.6) is 0 Å². The molecule has 0 bridgehead atoms. The van der Waals surface area contributed by atoms with Crippen LogP contribution in [0, 0.1) is 0 Å². The zero-order valence-corrected chi connectivity index (χ0v) is 15.8. The average Bonchev–Trinajstić information content (AvgIpc) is 3.09. The molecule has 2 amide bonds. The van der Waals surface area contributed by atoms with Gasteiger partial charge in [-0.2, -0.15) is 5.10 Å². The van der Waals surface area contributed by atoms with Crippen LogP contribution in [0.25, 0.3) is 5.69 Å². The van der Waals surface area contributed by atoms with Crippen molar-refractivity contribution in [2.45, 2.75) is 16.6 Å².